The standard InChI is InChI=1S/C8H10N6O2S2/c1-2-9-8-10-3-6(4-11-8)18(15,16)13-7-5-12-14-17-7/h3-5,13H,2H2,1H3,(H,9,10,11). The van der Waals surface area contributed by atoms with Gasteiger partial charge in [0.15, 0.2) is 0 Å². The fourth-order valence-corrected chi connectivity index (χ4v) is 2.68. The number of anilines is 2. The molecule has 2 rings (SSSR count). The summed E-state index contributed by atoms with van der Waals surface area (Å²) in [5.74, 6) is 0.385. The van der Waals surface area contributed by atoms with E-state index in [9.17, 15) is 8.42 Å². The van der Waals surface area contributed by atoms with Gasteiger partial charge in [-0.25, -0.2) is 18.4 Å². The van der Waals surface area contributed by atoms with Crippen LogP contribution in [-0.4, -0.2) is 34.5 Å². The summed E-state index contributed by atoms with van der Waals surface area (Å²) in [6.07, 6.45) is 3.81. The Morgan fingerprint density at radius 1 is 1.28 bits per heavy atom. The number of aromatic nitrogens is 4. The molecule has 0 saturated carbocycles. The molecule has 96 valence electrons. The Balaban J connectivity index is 2.19. The molecule has 0 radical (unpaired) electrons. The smallest absolute Gasteiger partial charge is 0.265 e. The third-order valence-electron chi connectivity index (χ3n) is 1.87. The first-order valence-electron chi connectivity index (χ1n) is 4.98. The van der Waals surface area contributed by atoms with Crippen molar-refractivity contribution < 1.29 is 8.42 Å². The minimum Gasteiger partial charge on any atom is -0.355 e. The highest BCUT2D eigenvalue weighted by atomic mass is 32.2. The van der Waals surface area contributed by atoms with Crippen LogP contribution >= 0.6 is 11.5 Å². The molecule has 0 saturated heterocycles. The highest BCUT2D eigenvalue weighted by Crippen LogP contribution is 2.16. The normalized spacial score (nSPS) is 11.2. The van der Waals surface area contributed by atoms with E-state index in [4.69, 9.17) is 0 Å². The first-order chi connectivity index (χ1) is 8.62. The molecule has 10 heteroatoms. The van der Waals surface area contributed by atoms with Crippen LogP contribution < -0.4 is 10.0 Å². The summed E-state index contributed by atoms with van der Waals surface area (Å²) in [7, 11) is -3.69. The molecule has 0 aliphatic heterocycles. The maximum Gasteiger partial charge on any atom is 0.265 e. The summed E-state index contributed by atoms with van der Waals surface area (Å²) in [6.45, 7) is 2.56. The van der Waals surface area contributed by atoms with E-state index >= 15 is 0 Å². The van der Waals surface area contributed by atoms with Crippen molar-refractivity contribution in [1.29, 1.82) is 0 Å². The Kier molecular flexibility index (Phi) is 3.67. The number of sulfonamides is 1. The molecule has 2 aromatic rings. The summed E-state index contributed by atoms with van der Waals surface area (Å²) in [5.41, 5.74) is 0. The van der Waals surface area contributed by atoms with Gasteiger partial charge in [-0.15, -0.1) is 5.10 Å². The van der Waals surface area contributed by atoms with Gasteiger partial charge in [-0.2, -0.15) is 0 Å². The third-order valence-corrected chi connectivity index (χ3v) is 3.90. The van der Waals surface area contributed by atoms with Crippen molar-refractivity contribution in [3.8, 4) is 0 Å². The van der Waals surface area contributed by atoms with Gasteiger partial charge in [-0.05, 0) is 6.92 Å². The van der Waals surface area contributed by atoms with Crippen LogP contribution in [0.5, 0.6) is 0 Å². The molecule has 0 spiro atoms. The molecule has 0 aliphatic carbocycles. The monoisotopic (exact) mass is 286 g/mol. The zero-order valence-electron chi connectivity index (χ0n) is 9.36. The molecule has 0 atom stereocenters. The Morgan fingerprint density at radius 2 is 2.00 bits per heavy atom. The third kappa shape index (κ3) is 2.90. The van der Waals surface area contributed by atoms with Crippen LogP contribution in [-0.2, 0) is 10.0 Å². The van der Waals surface area contributed by atoms with Crippen molar-refractivity contribution >= 4 is 32.5 Å². The van der Waals surface area contributed by atoms with Gasteiger partial charge in [0, 0.05) is 18.1 Å². The molecule has 0 aliphatic rings. The highest BCUT2D eigenvalue weighted by molar-refractivity contribution is 7.93. The van der Waals surface area contributed by atoms with Crippen LogP contribution in [0, 0.1) is 0 Å². The van der Waals surface area contributed by atoms with Crippen LogP contribution in [0.4, 0.5) is 10.9 Å². The second kappa shape index (κ2) is 5.23. The van der Waals surface area contributed by atoms with Gasteiger partial charge in [0.05, 0.1) is 18.6 Å². The Morgan fingerprint density at radius 3 is 2.56 bits per heavy atom. The summed E-state index contributed by atoms with van der Waals surface area (Å²) in [6, 6.07) is 0. The molecule has 18 heavy (non-hydrogen) atoms. The van der Waals surface area contributed by atoms with E-state index in [2.05, 4.69) is 29.6 Å². The second-order valence-corrected chi connectivity index (χ2v) is 5.63. The van der Waals surface area contributed by atoms with Gasteiger partial charge in [0.1, 0.15) is 9.90 Å². The van der Waals surface area contributed by atoms with E-state index in [-0.39, 0.29) is 4.90 Å². The minimum absolute atomic E-state index is 0.0162. The van der Waals surface area contributed by atoms with Crippen LogP contribution in [0.25, 0.3) is 0 Å². The first-order valence-corrected chi connectivity index (χ1v) is 7.23. The lowest BCUT2D eigenvalue weighted by atomic mass is 10.6. The second-order valence-electron chi connectivity index (χ2n) is 3.16. The average molecular weight is 286 g/mol. The van der Waals surface area contributed by atoms with Crippen molar-refractivity contribution in [3.63, 3.8) is 0 Å². The highest BCUT2D eigenvalue weighted by Gasteiger charge is 2.16. The van der Waals surface area contributed by atoms with Gasteiger partial charge >= 0.3 is 0 Å². The fourth-order valence-electron chi connectivity index (χ4n) is 1.11. The number of nitrogens with zero attached hydrogens (tertiary/aromatic N) is 4. The van der Waals surface area contributed by atoms with Gasteiger partial charge in [-0.1, -0.05) is 4.49 Å². The number of hydrogen-bond acceptors (Lipinski definition) is 8. The van der Waals surface area contributed by atoms with Crippen molar-refractivity contribution in [2.75, 3.05) is 16.6 Å². The van der Waals surface area contributed by atoms with E-state index in [0.717, 1.165) is 11.5 Å². The lowest BCUT2D eigenvalue weighted by Crippen LogP contribution is -2.13. The van der Waals surface area contributed by atoms with Gasteiger partial charge < -0.3 is 5.32 Å². The van der Waals surface area contributed by atoms with Crippen LogP contribution in [0.2, 0.25) is 0 Å². The molecule has 2 heterocycles. The van der Waals surface area contributed by atoms with Crippen molar-refractivity contribution in [3.05, 3.63) is 18.6 Å². The zero-order valence-corrected chi connectivity index (χ0v) is 11.0. The van der Waals surface area contributed by atoms with E-state index < -0.39 is 10.0 Å². The van der Waals surface area contributed by atoms with Crippen molar-refractivity contribution in [2.24, 2.45) is 0 Å². The van der Waals surface area contributed by atoms with Crippen molar-refractivity contribution in [2.45, 2.75) is 11.8 Å². The Hall–Kier alpha value is -1.81. The molecular formula is C8H10N6O2S2. The maximum absolute atomic E-state index is 11.9. The van der Waals surface area contributed by atoms with Gasteiger partial charge in [0.25, 0.3) is 10.0 Å². The molecule has 0 fully saturated rings. The lowest BCUT2D eigenvalue weighted by molar-refractivity contribution is 0.600. The summed E-state index contributed by atoms with van der Waals surface area (Å²) < 4.78 is 29.7. The molecule has 2 N–H and O–H groups in total. The van der Waals surface area contributed by atoms with E-state index in [0.29, 0.717) is 17.5 Å². The Bertz CT molecular complexity index is 595. The Labute approximate surface area is 108 Å². The zero-order chi connectivity index (χ0) is 13.0. The van der Waals surface area contributed by atoms with Gasteiger partial charge in [-0.3, -0.25) is 4.72 Å². The molecule has 0 aromatic carbocycles. The number of hydrogen-bond donors (Lipinski definition) is 2. The van der Waals surface area contributed by atoms with Crippen LogP contribution in [0.1, 0.15) is 6.92 Å². The molecule has 0 bridgehead atoms. The topological polar surface area (TPSA) is 110 Å². The molecular weight excluding hydrogens is 276 g/mol. The fraction of sp³-hybridized carbons (Fsp3) is 0.250. The summed E-state index contributed by atoms with van der Waals surface area (Å²) >= 11 is 0.951. The van der Waals surface area contributed by atoms with Crippen molar-refractivity contribution in [1.82, 2.24) is 19.6 Å². The quantitative estimate of drug-likeness (QED) is 0.826. The van der Waals surface area contributed by atoms with E-state index in [1.807, 2.05) is 6.92 Å². The first kappa shape index (κ1) is 12.6. The van der Waals surface area contributed by atoms with Crippen LogP contribution in [0.15, 0.2) is 23.5 Å². The number of rotatable bonds is 5. The lowest BCUT2D eigenvalue weighted by Gasteiger charge is -2.05. The van der Waals surface area contributed by atoms with E-state index in [1.165, 1.54) is 18.6 Å². The average Bonchev–Trinajstić information content (AvgIpc) is 2.82. The SMILES string of the molecule is CCNc1ncc(S(=O)(=O)Nc2cnns2)cn1. The van der Waals surface area contributed by atoms with E-state index in [1.54, 1.807) is 0 Å². The molecule has 0 amide bonds. The summed E-state index contributed by atoms with van der Waals surface area (Å²) in [4.78, 5) is 7.77. The van der Waals surface area contributed by atoms with Crippen LogP contribution in [0.3, 0.4) is 0 Å². The largest absolute Gasteiger partial charge is 0.355 e. The molecule has 8 nitrogen and oxygen atoms in total. The number of nitrogens with one attached hydrogen (secondary N) is 2. The molecule has 2 aromatic heterocycles. The minimum atomic E-state index is -3.69. The predicted octanol–water partition coefficient (Wildman–Crippen LogP) is 0.561. The maximum atomic E-state index is 11.9. The molecule has 0 unspecified atom stereocenters. The summed E-state index contributed by atoms with van der Waals surface area (Å²) in [5, 5.41) is 6.75. The predicted molar refractivity (Wildman–Crippen MR) is 66.9 cm³/mol. The van der Waals surface area contributed by atoms with Gasteiger partial charge in [0.2, 0.25) is 5.95 Å².